The third-order valence-electron chi connectivity index (χ3n) is 4.83. The number of hydrogen-bond acceptors (Lipinski definition) is 5. The summed E-state index contributed by atoms with van der Waals surface area (Å²) in [6, 6.07) is 6.64. The van der Waals surface area contributed by atoms with Crippen molar-refractivity contribution in [3.63, 3.8) is 0 Å². The van der Waals surface area contributed by atoms with Crippen molar-refractivity contribution in [1.29, 1.82) is 5.26 Å². The van der Waals surface area contributed by atoms with Gasteiger partial charge in [0, 0.05) is 30.5 Å². The van der Waals surface area contributed by atoms with Crippen LogP contribution in [0.1, 0.15) is 60.4 Å². The first-order valence-electron chi connectivity index (χ1n) is 8.47. The number of piperidine rings is 1. The van der Waals surface area contributed by atoms with Crippen LogP contribution in [0.2, 0.25) is 0 Å². The van der Waals surface area contributed by atoms with Crippen LogP contribution in [0.5, 0.6) is 0 Å². The number of benzene rings is 1. The molecule has 2 heterocycles. The molecular weight excluding hydrogens is 307 g/mol. The molecule has 1 aromatic heterocycles. The highest BCUT2D eigenvalue weighted by molar-refractivity contribution is 5.32. The van der Waals surface area contributed by atoms with Crippen molar-refractivity contribution in [2.75, 3.05) is 13.1 Å². The molecule has 5 nitrogen and oxygen atoms in total. The lowest BCUT2D eigenvalue weighted by Gasteiger charge is -2.31. The van der Waals surface area contributed by atoms with Gasteiger partial charge in [-0.2, -0.15) is 10.2 Å². The zero-order chi connectivity index (χ0) is 16.5. The molecule has 1 aromatic carbocycles. The van der Waals surface area contributed by atoms with E-state index in [2.05, 4.69) is 15.0 Å². The molecule has 124 valence electrons. The third-order valence-corrected chi connectivity index (χ3v) is 4.83. The van der Waals surface area contributed by atoms with Gasteiger partial charge >= 0.3 is 0 Å². The van der Waals surface area contributed by atoms with Crippen molar-refractivity contribution in [1.82, 2.24) is 15.0 Å². The van der Waals surface area contributed by atoms with Crippen LogP contribution in [-0.2, 0) is 6.54 Å². The van der Waals surface area contributed by atoms with Crippen molar-refractivity contribution >= 4 is 0 Å². The SMILES string of the molecule is N#Cc1ccc(CN2CCC[C@@H](c3noc(C4CC4)n3)C2)c(F)c1. The molecule has 1 saturated carbocycles. The number of nitrogens with zero attached hydrogens (tertiary/aromatic N) is 4. The Balaban J connectivity index is 1.43. The van der Waals surface area contributed by atoms with E-state index in [4.69, 9.17) is 9.78 Å². The molecule has 0 N–H and O–H groups in total. The molecule has 2 fully saturated rings. The van der Waals surface area contributed by atoms with Crippen molar-refractivity contribution in [3.05, 3.63) is 46.9 Å². The van der Waals surface area contributed by atoms with Gasteiger partial charge in [0.2, 0.25) is 5.89 Å². The standard InChI is InChI=1S/C18H19FN4O/c19-16-8-12(9-20)3-4-14(16)10-23-7-1-2-15(11-23)17-21-18(24-22-17)13-5-6-13/h3-4,8,13,15H,1-2,5-7,10-11H2/t15-/m1/s1. The maximum atomic E-state index is 14.1. The molecule has 6 heteroatoms. The quantitative estimate of drug-likeness (QED) is 0.862. The molecule has 1 aliphatic heterocycles. The summed E-state index contributed by atoms with van der Waals surface area (Å²) >= 11 is 0. The zero-order valence-corrected chi connectivity index (χ0v) is 13.4. The van der Waals surface area contributed by atoms with Gasteiger partial charge in [0.25, 0.3) is 0 Å². The van der Waals surface area contributed by atoms with E-state index in [1.807, 2.05) is 6.07 Å². The molecule has 4 rings (SSSR count). The molecule has 1 saturated heterocycles. The maximum Gasteiger partial charge on any atom is 0.229 e. The lowest BCUT2D eigenvalue weighted by molar-refractivity contribution is 0.192. The average Bonchev–Trinajstić information content (AvgIpc) is 3.34. The van der Waals surface area contributed by atoms with Gasteiger partial charge in [-0.3, -0.25) is 4.90 Å². The van der Waals surface area contributed by atoms with Crippen LogP contribution < -0.4 is 0 Å². The highest BCUT2D eigenvalue weighted by atomic mass is 19.1. The van der Waals surface area contributed by atoms with Crippen LogP contribution in [0.25, 0.3) is 0 Å². The lowest BCUT2D eigenvalue weighted by atomic mass is 9.97. The second-order valence-corrected chi connectivity index (χ2v) is 6.76. The Kier molecular flexibility index (Phi) is 4.03. The van der Waals surface area contributed by atoms with Crippen LogP contribution in [0.4, 0.5) is 4.39 Å². The van der Waals surface area contributed by atoms with Crippen molar-refractivity contribution in [3.8, 4) is 6.07 Å². The average molecular weight is 326 g/mol. The van der Waals surface area contributed by atoms with Crippen molar-refractivity contribution < 1.29 is 8.91 Å². The Hall–Kier alpha value is -2.26. The van der Waals surface area contributed by atoms with Gasteiger partial charge in [0.05, 0.1) is 11.6 Å². The number of hydrogen-bond donors (Lipinski definition) is 0. The van der Waals surface area contributed by atoms with E-state index in [-0.39, 0.29) is 11.7 Å². The third kappa shape index (κ3) is 3.17. The Morgan fingerprint density at radius 2 is 2.17 bits per heavy atom. The fourth-order valence-corrected chi connectivity index (χ4v) is 3.31. The summed E-state index contributed by atoms with van der Waals surface area (Å²) in [4.78, 5) is 6.79. The summed E-state index contributed by atoms with van der Waals surface area (Å²) < 4.78 is 19.5. The molecular formula is C18H19FN4O. The van der Waals surface area contributed by atoms with Crippen molar-refractivity contribution in [2.24, 2.45) is 0 Å². The highest BCUT2D eigenvalue weighted by Gasteiger charge is 2.32. The number of rotatable bonds is 4. The predicted octanol–water partition coefficient (Wildman–Crippen LogP) is 3.34. The minimum atomic E-state index is -0.313. The Morgan fingerprint density at radius 1 is 1.29 bits per heavy atom. The van der Waals surface area contributed by atoms with Crippen LogP contribution in [0.15, 0.2) is 22.7 Å². The molecule has 2 aliphatic rings. The lowest BCUT2D eigenvalue weighted by Crippen LogP contribution is -2.34. The molecule has 0 spiro atoms. The second-order valence-electron chi connectivity index (χ2n) is 6.76. The van der Waals surface area contributed by atoms with E-state index >= 15 is 0 Å². The van der Waals surface area contributed by atoms with Gasteiger partial charge < -0.3 is 4.52 Å². The monoisotopic (exact) mass is 326 g/mol. The van der Waals surface area contributed by atoms with E-state index in [1.54, 1.807) is 12.1 Å². The molecule has 2 aromatic rings. The normalized spacial score (nSPS) is 21.6. The van der Waals surface area contributed by atoms with Crippen LogP contribution in [0.3, 0.4) is 0 Å². The smallest absolute Gasteiger partial charge is 0.229 e. The van der Waals surface area contributed by atoms with Crippen molar-refractivity contribution in [2.45, 2.75) is 44.1 Å². The first-order valence-corrected chi connectivity index (χ1v) is 8.47. The minimum absolute atomic E-state index is 0.247. The second kappa shape index (κ2) is 6.33. The summed E-state index contributed by atoms with van der Waals surface area (Å²) in [7, 11) is 0. The van der Waals surface area contributed by atoms with Gasteiger partial charge in [-0.25, -0.2) is 4.39 Å². The van der Waals surface area contributed by atoms with Gasteiger partial charge in [-0.1, -0.05) is 11.2 Å². The van der Waals surface area contributed by atoms with Gasteiger partial charge in [0.15, 0.2) is 5.82 Å². The van der Waals surface area contributed by atoms with E-state index in [0.717, 1.165) is 50.5 Å². The van der Waals surface area contributed by atoms with Crippen LogP contribution >= 0.6 is 0 Å². The molecule has 0 unspecified atom stereocenters. The molecule has 0 radical (unpaired) electrons. The molecule has 24 heavy (non-hydrogen) atoms. The number of aromatic nitrogens is 2. The minimum Gasteiger partial charge on any atom is -0.339 e. The fourth-order valence-electron chi connectivity index (χ4n) is 3.31. The van der Waals surface area contributed by atoms with E-state index in [0.29, 0.717) is 23.6 Å². The molecule has 1 atom stereocenters. The summed E-state index contributed by atoms with van der Waals surface area (Å²) in [6.45, 7) is 2.29. The Labute approximate surface area is 140 Å². The van der Waals surface area contributed by atoms with Gasteiger partial charge in [-0.15, -0.1) is 0 Å². The Morgan fingerprint density at radius 3 is 2.92 bits per heavy atom. The topological polar surface area (TPSA) is 66.0 Å². The first kappa shape index (κ1) is 15.3. The predicted molar refractivity (Wildman–Crippen MR) is 84.6 cm³/mol. The first-order chi connectivity index (χ1) is 11.7. The largest absolute Gasteiger partial charge is 0.339 e. The van der Waals surface area contributed by atoms with Gasteiger partial charge in [0.1, 0.15) is 5.82 Å². The van der Waals surface area contributed by atoms with E-state index < -0.39 is 0 Å². The maximum absolute atomic E-state index is 14.1. The number of nitriles is 1. The number of halogens is 1. The van der Waals surface area contributed by atoms with Crippen LogP contribution in [-0.4, -0.2) is 28.1 Å². The summed E-state index contributed by atoms with van der Waals surface area (Å²) in [5.74, 6) is 1.98. The zero-order valence-electron chi connectivity index (χ0n) is 13.4. The van der Waals surface area contributed by atoms with E-state index in [1.165, 1.54) is 6.07 Å². The van der Waals surface area contributed by atoms with Crippen LogP contribution in [0, 0.1) is 17.1 Å². The Bertz CT molecular complexity index is 778. The number of likely N-dealkylation sites (tertiary alicyclic amines) is 1. The summed E-state index contributed by atoms with van der Waals surface area (Å²) in [5, 5.41) is 13.0. The molecule has 0 bridgehead atoms. The highest BCUT2D eigenvalue weighted by Crippen LogP contribution is 2.39. The van der Waals surface area contributed by atoms with E-state index in [9.17, 15) is 4.39 Å². The summed E-state index contributed by atoms with van der Waals surface area (Å²) in [5.41, 5.74) is 0.980. The molecule has 1 aliphatic carbocycles. The molecule has 0 amide bonds. The fraction of sp³-hybridized carbons (Fsp3) is 0.500. The van der Waals surface area contributed by atoms with Gasteiger partial charge in [-0.05, 0) is 44.4 Å². The summed E-state index contributed by atoms with van der Waals surface area (Å²) in [6.07, 6.45) is 4.37.